The molecule has 1 rings (SSSR count). The Morgan fingerprint density at radius 2 is 1.90 bits per heavy atom. The topological polar surface area (TPSA) is 48.9 Å². The van der Waals surface area contributed by atoms with Gasteiger partial charge in [0.2, 0.25) is 0 Å². The van der Waals surface area contributed by atoms with Crippen molar-refractivity contribution < 1.29 is 4.74 Å². The van der Waals surface area contributed by atoms with Gasteiger partial charge in [-0.05, 0) is 32.7 Å². The number of unbranched alkanes of at least 4 members (excludes halogenated alkanes) is 2. The third-order valence-electron chi connectivity index (χ3n) is 3.42. The highest BCUT2D eigenvalue weighted by molar-refractivity contribution is 5.79. The molecule has 0 spiro atoms. The van der Waals surface area contributed by atoms with E-state index in [0.717, 1.165) is 58.3 Å². The second-order valence-electron chi connectivity index (χ2n) is 5.20. The van der Waals surface area contributed by atoms with Crippen LogP contribution >= 0.6 is 0 Å². The number of nitrogens with zero attached hydrogens (tertiary/aromatic N) is 2. The number of nitrogens with one attached hydrogen (secondary N) is 2. The van der Waals surface area contributed by atoms with Crippen LogP contribution in [-0.4, -0.2) is 63.3 Å². The van der Waals surface area contributed by atoms with Gasteiger partial charge in [-0.2, -0.15) is 0 Å². The highest BCUT2D eigenvalue weighted by atomic mass is 16.5. The third kappa shape index (κ3) is 8.38. The standard InChI is InChI=1S/C15H32N4O/c1-3-5-8-17-15(16-4-2)18-9-6-7-10-19-11-13-20-14-12-19/h3-14H2,1-2H3,(H2,16,17,18). The van der Waals surface area contributed by atoms with Crippen molar-refractivity contribution >= 4 is 5.96 Å². The quantitative estimate of drug-likeness (QED) is 0.382. The first kappa shape index (κ1) is 17.2. The number of morpholine rings is 1. The summed E-state index contributed by atoms with van der Waals surface area (Å²) in [6.45, 7) is 12.3. The van der Waals surface area contributed by atoms with Gasteiger partial charge < -0.3 is 15.4 Å². The zero-order valence-electron chi connectivity index (χ0n) is 13.3. The molecule has 0 aromatic rings. The summed E-state index contributed by atoms with van der Waals surface area (Å²) < 4.78 is 5.35. The first-order chi connectivity index (χ1) is 9.86. The van der Waals surface area contributed by atoms with Crippen LogP contribution in [0.3, 0.4) is 0 Å². The van der Waals surface area contributed by atoms with E-state index in [4.69, 9.17) is 4.74 Å². The van der Waals surface area contributed by atoms with Crippen LogP contribution < -0.4 is 10.6 Å². The minimum atomic E-state index is 0.893. The first-order valence-electron chi connectivity index (χ1n) is 8.19. The van der Waals surface area contributed by atoms with E-state index in [1.54, 1.807) is 0 Å². The van der Waals surface area contributed by atoms with Gasteiger partial charge in [-0.1, -0.05) is 13.3 Å². The van der Waals surface area contributed by atoms with Crippen molar-refractivity contribution in [1.29, 1.82) is 0 Å². The van der Waals surface area contributed by atoms with Crippen LogP contribution in [0.25, 0.3) is 0 Å². The summed E-state index contributed by atoms with van der Waals surface area (Å²) in [7, 11) is 0. The van der Waals surface area contributed by atoms with E-state index in [1.807, 2.05) is 0 Å². The van der Waals surface area contributed by atoms with Crippen LogP contribution in [-0.2, 0) is 4.74 Å². The number of rotatable bonds is 9. The average Bonchev–Trinajstić information content (AvgIpc) is 2.48. The average molecular weight is 284 g/mol. The van der Waals surface area contributed by atoms with Crippen molar-refractivity contribution in [3.8, 4) is 0 Å². The Morgan fingerprint density at radius 3 is 2.60 bits per heavy atom. The molecule has 1 fully saturated rings. The van der Waals surface area contributed by atoms with E-state index in [0.29, 0.717) is 0 Å². The number of hydrogen-bond donors (Lipinski definition) is 2. The van der Waals surface area contributed by atoms with Gasteiger partial charge in [0.25, 0.3) is 0 Å². The normalized spacial score (nSPS) is 17.2. The van der Waals surface area contributed by atoms with E-state index in [2.05, 4.69) is 34.4 Å². The number of ether oxygens (including phenoxy) is 1. The Hall–Kier alpha value is -0.810. The van der Waals surface area contributed by atoms with E-state index in [1.165, 1.54) is 25.8 Å². The lowest BCUT2D eigenvalue weighted by Crippen LogP contribution is -2.38. The van der Waals surface area contributed by atoms with Crippen molar-refractivity contribution in [2.45, 2.75) is 39.5 Å². The minimum absolute atomic E-state index is 0.893. The van der Waals surface area contributed by atoms with Gasteiger partial charge in [0, 0.05) is 32.7 Å². The maximum Gasteiger partial charge on any atom is 0.191 e. The fraction of sp³-hybridized carbons (Fsp3) is 0.933. The lowest BCUT2D eigenvalue weighted by atomic mass is 10.3. The number of guanidine groups is 1. The summed E-state index contributed by atoms with van der Waals surface area (Å²) >= 11 is 0. The van der Waals surface area contributed by atoms with Crippen molar-refractivity contribution in [3.63, 3.8) is 0 Å². The molecular formula is C15H32N4O. The molecule has 20 heavy (non-hydrogen) atoms. The van der Waals surface area contributed by atoms with E-state index < -0.39 is 0 Å². The summed E-state index contributed by atoms with van der Waals surface area (Å²) in [6, 6.07) is 0. The molecule has 5 heteroatoms. The SMILES string of the molecule is CCCCNC(=NCCCCN1CCOCC1)NCC. The molecule has 0 radical (unpaired) electrons. The fourth-order valence-corrected chi connectivity index (χ4v) is 2.19. The van der Waals surface area contributed by atoms with Gasteiger partial charge in [-0.3, -0.25) is 9.89 Å². The zero-order valence-corrected chi connectivity index (χ0v) is 13.3. The number of hydrogen-bond acceptors (Lipinski definition) is 3. The maximum atomic E-state index is 5.35. The molecule has 5 nitrogen and oxygen atoms in total. The summed E-state index contributed by atoms with van der Waals surface area (Å²) in [4.78, 5) is 7.10. The molecule has 0 aliphatic carbocycles. The highest BCUT2D eigenvalue weighted by Crippen LogP contribution is 2.00. The van der Waals surface area contributed by atoms with Crippen LogP contribution in [0.1, 0.15) is 39.5 Å². The summed E-state index contributed by atoms with van der Waals surface area (Å²) in [5.41, 5.74) is 0. The lowest BCUT2D eigenvalue weighted by molar-refractivity contribution is 0.0373. The molecule has 0 bridgehead atoms. The molecule has 0 unspecified atom stereocenters. The van der Waals surface area contributed by atoms with Crippen LogP contribution in [0.5, 0.6) is 0 Å². The minimum Gasteiger partial charge on any atom is -0.379 e. The molecule has 2 N–H and O–H groups in total. The van der Waals surface area contributed by atoms with Crippen LogP contribution in [0, 0.1) is 0 Å². The van der Waals surface area contributed by atoms with Gasteiger partial charge in [-0.15, -0.1) is 0 Å². The molecule has 118 valence electrons. The van der Waals surface area contributed by atoms with Gasteiger partial charge >= 0.3 is 0 Å². The summed E-state index contributed by atoms with van der Waals surface area (Å²) in [5.74, 6) is 0.965. The molecular weight excluding hydrogens is 252 g/mol. The molecule has 0 aromatic heterocycles. The van der Waals surface area contributed by atoms with Gasteiger partial charge in [0.05, 0.1) is 13.2 Å². The van der Waals surface area contributed by atoms with Crippen molar-refractivity contribution in [1.82, 2.24) is 15.5 Å². The molecule has 0 atom stereocenters. The summed E-state index contributed by atoms with van der Waals surface area (Å²) in [5, 5.41) is 6.67. The van der Waals surface area contributed by atoms with E-state index >= 15 is 0 Å². The predicted molar refractivity (Wildman–Crippen MR) is 85.4 cm³/mol. The van der Waals surface area contributed by atoms with Crippen LogP contribution in [0.15, 0.2) is 4.99 Å². The van der Waals surface area contributed by atoms with Gasteiger partial charge in [0.15, 0.2) is 5.96 Å². The van der Waals surface area contributed by atoms with Crippen molar-refractivity contribution in [3.05, 3.63) is 0 Å². The van der Waals surface area contributed by atoms with Crippen LogP contribution in [0.2, 0.25) is 0 Å². The summed E-state index contributed by atoms with van der Waals surface area (Å²) in [6.07, 6.45) is 4.78. The molecule has 1 heterocycles. The van der Waals surface area contributed by atoms with Crippen LogP contribution in [0.4, 0.5) is 0 Å². The molecule has 1 saturated heterocycles. The largest absolute Gasteiger partial charge is 0.379 e. The Morgan fingerprint density at radius 1 is 1.10 bits per heavy atom. The molecule has 0 saturated carbocycles. The molecule has 0 amide bonds. The first-order valence-corrected chi connectivity index (χ1v) is 8.19. The van der Waals surface area contributed by atoms with Gasteiger partial charge in [-0.25, -0.2) is 0 Å². The maximum absolute atomic E-state index is 5.35. The second kappa shape index (κ2) is 12.0. The van der Waals surface area contributed by atoms with Gasteiger partial charge in [0.1, 0.15) is 0 Å². The lowest BCUT2D eigenvalue weighted by Gasteiger charge is -2.26. The monoisotopic (exact) mass is 284 g/mol. The Labute approximate surface area is 124 Å². The van der Waals surface area contributed by atoms with Crippen molar-refractivity contribution in [2.75, 3.05) is 52.5 Å². The molecule has 0 aromatic carbocycles. The number of aliphatic imine (C=N–C) groups is 1. The Kier molecular flexibility index (Phi) is 10.3. The molecule has 1 aliphatic rings. The predicted octanol–water partition coefficient (Wildman–Crippen LogP) is 1.45. The molecule has 1 aliphatic heterocycles. The second-order valence-corrected chi connectivity index (χ2v) is 5.20. The highest BCUT2D eigenvalue weighted by Gasteiger charge is 2.08. The fourth-order valence-electron chi connectivity index (χ4n) is 2.19. The van der Waals surface area contributed by atoms with E-state index in [-0.39, 0.29) is 0 Å². The Balaban J connectivity index is 2.08. The Bertz CT molecular complexity index is 252. The van der Waals surface area contributed by atoms with Crippen molar-refractivity contribution in [2.24, 2.45) is 4.99 Å². The van der Waals surface area contributed by atoms with E-state index in [9.17, 15) is 0 Å². The third-order valence-corrected chi connectivity index (χ3v) is 3.42. The zero-order chi connectivity index (χ0) is 14.5. The smallest absolute Gasteiger partial charge is 0.191 e.